The number of quaternary nitrogens is 1. The van der Waals surface area contributed by atoms with Gasteiger partial charge in [-0.1, -0.05) is 51.1 Å². The van der Waals surface area contributed by atoms with Crippen molar-refractivity contribution in [3.05, 3.63) is 35.9 Å². The second-order valence-corrected chi connectivity index (χ2v) is 10.2. The maximum absolute atomic E-state index is 10.9. The Morgan fingerprint density at radius 1 is 1.11 bits per heavy atom. The number of hydrogen-bond acceptors (Lipinski definition) is 2. The Labute approximate surface area is 165 Å². The van der Waals surface area contributed by atoms with Gasteiger partial charge in [0, 0.05) is 18.4 Å². The number of nitrogens with zero attached hydrogens (tertiary/aromatic N) is 1. The highest BCUT2D eigenvalue weighted by Gasteiger charge is 2.58. The third-order valence-electron chi connectivity index (χ3n) is 8.20. The van der Waals surface area contributed by atoms with Crippen molar-refractivity contribution in [2.75, 3.05) is 26.2 Å². The minimum Gasteiger partial charge on any atom is -0.385 e. The molecule has 2 bridgehead atoms. The number of likely N-dealkylation sites (tertiary alicyclic amines) is 1. The Morgan fingerprint density at radius 3 is 2.41 bits per heavy atom. The Kier molecular flexibility index (Phi) is 5.39. The quantitative estimate of drug-likeness (QED) is 0.725. The van der Waals surface area contributed by atoms with E-state index in [0.717, 1.165) is 23.5 Å². The second-order valence-electron chi connectivity index (χ2n) is 10.2. The van der Waals surface area contributed by atoms with Crippen molar-refractivity contribution in [1.29, 1.82) is 0 Å². The minimum absolute atomic E-state index is 0.342. The first-order valence-corrected chi connectivity index (χ1v) is 11.1. The SMILES string of the molecule is C[C@H]1[C@@H](OC[C@@H](O)C[N+]2(Cc3ccccc3)CCCC2)[C@@H]2CC[C@@H]1C2(C)C. The smallest absolute Gasteiger partial charge is 0.126 e. The van der Waals surface area contributed by atoms with Crippen molar-refractivity contribution < 1.29 is 14.3 Å². The van der Waals surface area contributed by atoms with E-state index in [1.54, 1.807) is 0 Å². The van der Waals surface area contributed by atoms with Gasteiger partial charge in [-0.25, -0.2) is 0 Å². The van der Waals surface area contributed by atoms with Gasteiger partial charge in [0.25, 0.3) is 0 Å². The van der Waals surface area contributed by atoms with Gasteiger partial charge in [-0.3, -0.25) is 0 Å². The average Bonchev–Trinajstić information content (AvgIpc) is 3.25. The van der Waals surface area contributed by atoms with Gasteiger partial charge in [0.05, 0.1) is 25.8 Å². The highest BCUT2D eigenvalue weighted by Crippen LogP contribution is 2.60. The van der Waals surface area contributed by atoms with E-state index in [9.17, 15) is 5.11 Å². The number of benzene rings is 1. The van der Waals surface area contributed by atoms with E-state index in [1.807, 2.05) is 0 Å². The molecule has 3 aliphatic rings. The van der Waals surface area contributed by atoms with Crippen molar-refractivity contribution in [2.24, 2.45) is 23.2 Å². The van der Waals surface area contributed by atoms with Gasteiger partial charge in [-0.2, -0.15) is 0 Å². The molecular formula is C24H38NO2+. The molecule has 0 amide bonds. The van der Waals surface area contributed by atoms with Crippen molar-refractivity contribution in [1.82, 2.24) is 0 Å². The predicted octanol–water partition coefficient (Wildman–Crippen LogP) is 4.25. The van der Waals surface area contributed by atoms with E-state index in [4.69, 9.17) is 4.74 Å². The Hall–Kier alpha value is -0.900. The van der Waals surface area contributed by atoms with Gasteiger partial charge in [-0.15, -0.1) is 0 Å². The lowest BCUT2D eigenvalue weighted by Crippen LogP contribution is -2.50. The molecule has 1 N–H and O–H groups in total. The Balaban J connectivity index is 1.35. The first-order chi connectivity index (χ1) is 12.9. The van der Waals surface area contributed by atoms with Crippen LogP contribution in [-0.4, -0.2) is 48.0 Å². The molecule has 4 rings (SSSR count). The van der Waals surface area contributed by atoms with Crippen LogP contribution in [0.15, 0.2) is 30.3 Å². The molecule has 150 valence electrons. The van der Waals surface area contributed by atoms with E-state index >= 15 is 0 Å². The van der Waals surface area contributed by atoms with Crippen LogP contribution >= 0.6 is 0 Å². The molecule has 27 heavy (non-hydrogen) atoms. The third-order valence-corrected chi connectivity index (χ3v) is 8.20. The van der Waals surface area contributed by atoms with Crippen LogP contribution in [0.3, 0.4) is 0 Å². The number of rotatable bonds is 7. The summed E-state index contributed by atoms with van der Waals surface area (Å²) in [5.41, 5.74) is 1.79. The van der Waals surface area contributed by atoms with Crippen LogP contribution in [0.5, 0.6) is 0 Å². The molecule has 3 fully saturated rings. The van der Waals surface area contributed by atoms with Crippen LogP contribution in [0.25, 0.3) is 0 Å². The summed E-state index contributed by atoms with van der Waals surface area (Å²) in [7, 11) is 0. The number of ether oxygens (including phenoxy) is 1. The molecule has 1 heterocycles. The first kappa shape index (κ1) is 19.4. The normalized spacial score (nSPS) is 34.8. The van der Waals surface area contributed by atoms with Crippen molar-refractivity contribution >= 4 is 0 Å². The van der Waals surface area contributed by atoms with E-state index in [2.05, 4.69) is 51.1 Å². The van der Waals surface area contributed by atoms with Crippen LogP contribution in [0.2, 0.25) is 0 Å². The monoisotopic (exact) mass is 372 g/mol. The standard InChI is InChI=1S/C24H38NO2/c1-18-21-11-12-22(24(21,2)3)23(18)27-17-20(26)16-25(13-7-8-14-25)15-19-9-5-4-6-10-19/h4-6,9-10,18,20-23,26H,7-8,11-17H2,1-3H3/q+1/t18-,20+,21+,22+,23-/m1/s1. The Bertz CT molecular complexity index is 623. The fourth-order valence-electron chi connectivity index (χ4n) is 6.87. The molecule has 0 spiro atoms. The summed E-state index contributed by atoms with van der Waals surface area (Å²) in [5, 5.41) is 10.9. The lowest BCUT2D eigenvalue weighted by atomic mass is 9.80. The molecule has 0 radical (unpaired) electrons. The highest BCUT2D eigenvalue weighted by molar-refractivity contribution is 5.13. The van der Waals surface area contributed by atoms with Crippen LogP contribution in [0.1, 0.15) is 52.0 Å². The molecule has 1 aromatic rings. The summed E-state index contributed by atoms with van der Waals surface area (Å²) in [6, 6.07) is 10.8. The maximum Gasteiger partial charge on any atom is 0.126 e. The zero-order valence-corrected chi connectivity index (χ0v) is 17.4. The van der Waals surface area contributed by atoms with Crippen LogP contribution in [-0.2, 0) is 11.3 Å². The zero-order valence-electron chi connectivity index (χ0n) is 17.4. The molecule has 1 saturated heterocycles. The molecule has 0 unspecified atom stereocenters. The molecule has 1 aliphatic heterocycles. The molecule has 5 atom stereocenters. The number of aliphatic hydroxyl groups is 1. The summed E-state index contributed by atoms with van der Waals surface area (Å²) >= 11 is 0. The summed E-state index contributed by atoms with van der Waals surface area (Å²) < 4.78 is 7.41. The highest BCUT2D eigenvalue weighted by atomic mass is 16.5. The Morgan fingerprint density at radius 2 is 1.78 bits per heavy atom. The van der Waals surface area contributed by atoms with Gasteiger partial charge >= 0.3 is 0 Å². The fourth-order valence-corrected chi connectivity index (χ4v) is 6.87. The molecule has 2 aliphatic carbocycles. The van der Waals surface area contributed by atoms with Crippen molar-refractivity contribution in [3.8, 4) is 0 Å². The van der Waals surface area contributed by atoms with Crippen LogP contribution in [0.4, 0.5) is 0 Å². The first-order valence-electron chi connectivity index (χ1n) is 11.1. The van der Waals surface area contributed by atoms with Gasteiger partial charge in [0.1, 0.15) is 19.2 Å². The molecular weight excluding hydrogens is 334 g/mol. The molecule has 1 aromatic carbocycles. The summed E-state index contributed by atoms with van der Waals surface area (Å²) in [4.78, 5) is 0. The van der Waals surface area contributed by atoms with E-state index < -0.39 is 0 Å². The van der Waals surface area contributed by atoms with Gasteiger partial charge in [0.15, 0.2) is 0 Å². The zero-order chi connectivity index (χ0) is 19.1. The maximum atomic E-state index is 10.9. The minimum atomic E-state index is -0.360. The molecule has 3 nitrogen and oxygen atoms in total. The van der Waals surface area contributed by atoms with Crippen LogP contribution in [0, 0.1) is 23.2 Å². The molecule has 0 aromatic heterocycles. The van der Waals surface area contributed by atoms with E-state index in [0.29, 0.717) is 30.0 Å². The summed E-state index contributed by atoms with van der Waals surface area (Å²) in [6.07, 6.45) is 5.20. The predicted molar refractivity (Wildman–Crippen MR) is 109 cm³/mol. The van der Waals surface area contributed by atoms with Crippen molar-refractivity contribution in [3.63, 3.8) is 0 Å². The lowest BCUT2D eigenvalue weighted by Gasteiger charge is -2.37. The second kappa shape index (κ2) is 7.50. The van der Waals surface area contributed by atoms with Crippen LogP contribution < -0.4 is 0 Å². The number of fused-ring (bicyclic) bond motifs is 2. The van der Waals surface area contributed by atoms with Gasteiger partial charge in [-0.05, 0) is 36.0 Å². The summed E-state index contributed by atoms with van der Waals surface area (Å²) in [5.74, 6) is 2.09. The average molecular weight is 373 g/mol. The molecule has 2 saturated carbocycles. The fraction of sp³-hybridized carbons (Fsp3) is 0.750. The van der Waals surface area contributed by atoms with E-state index in [1.165, 1.54) is 44.3 Å². The lowest BCUT2D eigenvalue weighted by molar-refractivity contribution is -0.932. The molecule has 3 heteroatoms. The topological polar surface area (TPSA) is 29.5 Å². The largest absolute Gasteiger partial charge is 0.385 e. The van der Waals surface area contributed by atoms with E-state index in [-0.39, 0.29) is 6.10 Å². The number of hydrogen-bond donors (Lipinski definition) is 1. The summed E-state index contributed by atoms with van der Waals surface area (Å²) in [6.45, 7) is 12.0. The number of aliphatic hydroxyl groups excluding tert-OH is 1. The third kappa shape index (κ3) is 3.71. The van der Waals surface area contributed by atoms with Gasteiger partial charge in [0.2, 0.25) is 0 Å². The van der Waals surface area contributed by atoms with Crippen molar-refractivity contribution in [2.45, 2.75) is 65.2 Å². The van der Waals surface area contributed by atoms with Gasteiger partial charge < -0.3 is 14.3 Å².